The van der Waals surface area contributed by atoms with Gasteiger partial charge >= 0.3 is 0 Å². The molecule has 2 aromatic carbocycles. The van der Waals surface area contributed by atoms with E-state index >= 15 is 0 Å². The molecule has 2 aliphatic rings. The SMILES string of the molecule is Cc1c(C(=O)CN2CC[NH+](Cc3ccc4c(c3)OCO4)CC2)c2ccccc2n1C.[Cl-]. The first-order chi connectivity index (χ1) is 14.6. The summed E-state index contributed by atoms with van der Waals surface area (Å²) in [4.78, 5) is 17.0. The number of piperazine rings is 1. The van der Waals surface area contributed by atoms with Crippen LogP contribution in [0.25, 0.3) is 10.9 Å². The number of hydrogen-bond donors (Lipinski definition) is 1. The Morgan fingerprint density at radius 3 is 2.61 bits per heavy atom. The summed E-state index contributed by atoms with van der Waals surface area (Å²) >= 11 is 0. The van der Waals surface area contributed by atoms with E-state index < -0.39 is 0 Å². The second-order valence-corrected chi connectivity index (χ2v) is 8.35. The van der Waals surface area contributed by atoms with Gasteiger partial charge in [0, 0.05) is 47.9 Å². The van der Waals surface area contributed by atoms with Crippen LogP contribution < -0.4 is 26.8 Å². The molecule has 0 saturated carbocycles. The fourth-order valence-electron chi connectivity index (χ4n) is 4.70. The van der Waals surface area contributed by atoms with E-state index in [-0.39, 0.29) is 18.2 Å². The normalized spacial score (nSPS) is 16.5. The van der Waals surface area contributed by atoms with E-state index in [1.807, 2.05) is 32.2 Å². The topological polar surface area (TPSA) is 48.1 Å². The van der Waals surface area contributed by atoms with Crippen LogP contribution in [-0.4, -0.2) is 54.8 Å². The van der Waals surface area contributed by atoms with Gasteiger partial charge < -0.3 is 31.3 Å². The number of carbonyl (C=O) groups excluding carboxylic acids is 1. The number of Topliss-reactive ketones (excluding diaryl/α,β-unsaturated/α-hetero) is 1. The van der Waals surface area contributed by atoms with Crippen molar-refractivity contribution in [3.8, 4) is 11.5 Å². The van der Waals surface area contributed by atoms with Crippen LogP contribution in [0.3, 0.4) is 0 Å². The first-order valence-corrected chi connectivity index (χ1v) is 10.6. The summed E-state index contributed by atoms with van der Waals surface area (Å²) in [7, 11) is 2.03. The number of ketones is 1. The molecule has 3 heterocycles. The Kier molecular flexibility index (Phi) is 6.23. The Morgan fingerprint density at radius 2 is 1.81 bits per heavy atom. The molecular formula is C24H28ClN3O3. The van der Waals surface area contributed by atoms with E-state index in [1.165, 1.54) is 5.56 Å². The number of aryl methyl sites for hydroxylation is 1. The average Bonchev–Trinajstić information content (AvgIpc) is 3.32. The van der Waals surface area contributed by atoms with Gasteiger partial charge in [-0.2, -0.15) is 0 Å². The number of aromatic nitrogens is 1. The van der Waals surface area contributed by atoms with Crippen LogP contribution in [0, 0.1) is 6.92 Å². The second-order valence-electron chi connectivity index (χ2n) is 8.35. The first kappa shape index (κ1) is 21.7. The third-order valence-electron chi connectivity index (χ3n) is 6.50. The zero-order chi connectivity index (χ0) is 20.7. The summed E-state index contributed by atoms with van der Waals surface area (Å²) in [5.74, 6) is 1.91. The lowest BCUT2D eigenvalue weighted by molar-refractivity contribution is -0.918. The summed E-state index contributed by atoms with van der Waals surface area (Å²) in [5, 5.41) is 1.06. The molecule has 0 atom stereocenters. The highest BCUT2D eigenvalue weighted by atomic mass is 35.5. The molecule has 1 fully saturated rings. The van der Waals surface area contributed by atoms with Crippen LogP contribution in [0.1, 0.15) is 21.6 Å². The van der Waals surface area contributed by atoms with Gasteiger partial charge in [0.2, 0.25) is 6.79 Å². The van der Waals surface area contributed by atoms with Crippen molar-refractivity contribution in [1.82, 2.24) is 9.47 Å². The fraction of sp³-hybridized carbons (Fsp3) is 0.375. The summed E-state index contributed by atoms with van der Waals surface area (Å²) in [6.45, 7) is 7.78. The maximum atomic E-state index is 13.2. The Balaban J connectivity index is 0.00000231. The lowest BCUT2D eigenvalue weighted by atomic mass is 10.1. The number of benzene rings is 2. The van der Waals surface area contributed by atoms with E-state index in [4.69, 9.17) is 9.47 Å². The van der Waals surface area contributed by atoms with Crippen LogP contribution in [0.4, 0.5) is 0 Å². The van der Waals surface area contributed by atoms with Crippen LogP contribution in [-0.2, 0) is 13.6 Å². The van der Waals surface area contributed by atoms with Crippen molar-refractivity contribution < 1.29 is 31.6 Å². The van der Waals surface area contributed by atoms with Crippen molar-refractivity contribution in [3.63, 3.8) is 0 Å². The number of halogens is 1. The zero-order valence-corrected chi connectivity index (χ0v) is 18.7. The molecule has 0 amide bonds. The van der Waals surface area contributed by atoms with Crippen molar-refractivity contribution >= 4 is 16.7 Å². The molecule has 31 heavy (non-hydrogen) atoms. The molecule has 2 aliphatic heterocycles. The van der Waals surface area contributed by atoms with E-state index in [0.29, 0.717) is 13.3 Å². The van der Waals surface area contributed by atoms with Gasteiger partial charge in [-0.1, -0.05) is 18.2 Å². The van der Waals surface area contributed by atoms with Gasteiger partial charge in [-0.3, -0.25) is 9.69 Å². The van der Waals surface area contributed by atoms with Gasteiger partial charge in [-0.25, -0.2) is 0 Å². The minimum atomic E-state index is 0. The Hall–Kier alpha value is -2.54. The smallest absolute Gasteiger partial charge is 0.231 e. The van der Waals surface area contributed by atoms with Crippen molar-refractivity contribution in [1.29, 1.82) is 0 Å². The maximum absolute atomic E-state index is 13.2. The largest absolute Gasteiger partial charge is 1.00 e. The highest BCUT2D eigenvalue weighted by Gasteiger charge is 2.25. The van der Waals surface area contributed by atoms with Crippen LogP contribution in [0.15, 0.2) is 42.5 Å². The van der Waals surface area contributed by atoms with Gasteiger partial charge in [-0.15, -0.1) is 0 Å². The molecule has 5 rings (SSSR count). The number of carbonyl (C=O) groups is 1. The molecule has 0 unspecified atom stereocenters. The molecule has 1 N–H and O–H groups in total. The number of fused-ring (bicyclic) bond motifs is 2. The molecule has 164 valence electrons. The van der Waals surface area contributed by atoms with Gasteiger partial charge in [-0.05, 0) is 31.2 Å². The van der Waals surface area contributed by atoms with Crippen LogP contribution in [0.5, 0.6) is 11.5 Å². The molecule has 6 nitrogen and oxygen atoms in total. The molecule has 0 aliphatic carbocycles. The van der Waals surface area contributed by atoms with Crippen molar-refractivity contribution in [3.05, 3.63) is 59.3 Å². The molecule has 1 saturated heterocycles. The van der Waals surface area contributed by atoms with Gasteiger partial charge in [0.05, 0.1) is 19.6 Å². The Labute approximate surface area is 188 Å². The maximum Gasteiger partial charge on any atom is 0.231 e. The molecular weight excluding hydrogens is 414 g/mol. The zero-order valence-electron chi connectivity index (χ0n) is 18.0. The third kappa shape index (κ3) is 4.15. The molecule has 0 radical (unpaired) electrons. The average molecular weight is 442 g/mol. The predicted octanol–water partition coefficient (Wildman–Crippen LogP) is -1.20. The molecule has 3 aromatic rings. The molecule has 0 spiro atoms. The molecule has 1 aromatic heterocycles. The van der Waals surface area contributed by atoms with E-state index in [9.17, 15) is 4.79 Å². The fourth-order valence-corrected chi connectivity index (χ4v) is 4.70. The van der Waals surface area contributed by atoms with Gasteiger partial charge in [0.1, 0.15) is 6.54 Å². The quantitative estimate of drug-likeness (QED) is 0.505. The number of para-hydroxylation sites is 1. The second kappa shape index (κ2) is 8.91. The summed E-state index contributed by atoms with van der Waals surface area (Å²) < 4.78 is 13.0. The lowest BCUT2D eigenvalue weighted by Gasteiger charge is -2.31. The van der Waals surface area contributed by atoms with E-state index in [2.05, 4.69) is 33.7 Å². The highest BCUT2D eigenvalue weighted by molar-refractivity contribution is 6.10. The molecule has 0 bridgehead atoms. The monoisotopic (exact) mass is 441 g/mol. The minimum Gasteiger partial charge on any atom is -1.00 e. The highest BCUT2D eigenvalue weighted by Crippen LogP contribution is 2.32. The standard InChI is InChI=1S/C24H27N3O3.ClH/c1-17-24(19-5-3-4-6-20(19)25(17)2)21(28)15-27-11-9-26(10-12-27)14-18-7-8-22-23(13-18)30-16-29-22;/h3-8,13H,9-12,14-16H2,1-2H3;1H. The van der Waals surface area contributed by atoms with Crippen LogP contribution >= 0.6 is 0 Å². The Bertz CT molecular complexity index is 1100. The number of hydrogen-bond acceptors (Lipinski definition) is 4. The Morgan fingerprint density at radius 1 is 1.06 bits per heavy atom. The number of nitrogens with one attached hydrogen (secondary N) is 1. The lowest BCUT2D eigenvalue weighted by Crippen LogP contribution is -3.13. The number of rotatable bonds is 5. The van der Waals surface area contributed by atoms with Crippen molar-refractivity contribution in [2.24, 2.45) is 7.05 Å². The van der Waals surface area contributed by atoms with Gasteiger partial charge in [0.25, 0.3) is 0 Å². The number of ether oxygens (including phenoxy) is 2. The number of nitrogens with zero attached hydrogens (tertiary/aromatic N) is 2. The predicted molar refractivity (Wildman–Crippen MR) is 115 cm³/mol. The number of quaternary nitrogens is 1. The summed E-state index contributed by atoms with van der Waals surface area (Å²) in [6, 6.07) is 14.4. The summed E-state index contributed by atoms with van der Waals surface area (Å²) in [6.07, 6.45) is 0. The summed E-state index contributed by atoms with van der Waals surface area (Å²) in [5.41, 5.74) is 4.32. The van der Waals surface area contributed by atoms with E-state index in [1.54, 1.807) is 4.90 Å². The third-order valence-corrected chi connectivity index (χ3v) is 6.50. The molecule has 7 heteroatoms. The van der Waals surface area contributed by atoms with Crippen molar-refractivity contribution in [2.45, 2.75) is 13.5 Å². The van der Waals surface area contributed by atoms with Crippen molar-refractivity contribution in [2.75, 3.05) is 39.5 Å². The minimum absolute atomic E-state index is 0. The first-order valence-electron chi connectivity index (χ1n) is 10.6. The van der Waals surface area contributed by atoms with Crippen LogP contribution in [0.2, 0.25) is 0 Å². The van der Waals surface area contributed by atoms with E-state index in [0.717, 1.165) is 66.4 Å². The van der Waals surface area contributed by atoms with Gasteiger partial charge in [0.15, 0.2) is 17.3 Å².